The van der Waals surface area contributed by atoms with Crippen molar-refractivity contribution in [2.45, 2.75) is 44.6 Å². The number of rotatable bonds is 7. The maximum absolute atomic E-state index is 12.5. The van der Waals surface area contributed by atoms with Crippen LogP contribution in [-0.2, 0) is 0 Å². The first-order valence-corrected chi connectivity index (χ1v) is 9.76. The lowest BCUT2D eigenvalue weighted by atomic mass is 10.1. The van der Waals surface area contributed by atoms with E-state index in [0.29, 0.717) is 17.9 Å². The molecule has 0 spiro atoms. The molecule has 2 fully saturated rings. The van der Waals surface area contributed by atoms with Gasteiger partial charge in [-0.1, -0.05) is 30.3 Å². The molecular weight excluding hydrogens is 461 g/mol. The molecule has 0 bridgehead atoms. The SMILES string of the molecule is CCNC(=NCC1CC1c1ccccc1)NC1CCN(CC(F)F)CC1.I. The quantitative estimate of drug-likeness (QED) is 0.347. The number of likely N-dealkylation sites (tertiary alicyclic amines) is 1. The molecule has 1 heterocycles. The number of piperidine rings is 1. The number of nitrogens with one attached hydrogen (secondary N) is 2. The topological polar surface area (TPSA) is 39.7 Å². The van der Waals surface area contributed by atoms with Gasteiger partial charge in [0.2, 0.25) is 0 Å². The van der Waals surface area contributed by atoms with Crippen LogP contribution in [-0.4, -0.2) is 56.1 Å². The summed E-state index contributed by atoms with van der Waals surface area (Å²) >= 11 is 0. The van der Waals surface area contributed by atoms with Gasteiger partial charge >= 0.3 is 0 Å². The highest BCUT2D eigenvalue weighted by atomic mass is 127. The molecule has 0 amide bonds. The van der Waals surface area contributed by atoms with Crippen molar-refractivity contribution in [3.8, 4) is 0 Å². The van der Waals surface area contributed by atoms with Crippen LogP contribution in [0.5, 0.6) is 0 Å². The van der Waals surface area contributed by atoms with Crippen LogP contribution >= 0.6 is 24.0 Å². The number of benzene rings is 1. The Morgan fingerprint density at radius 1 is 1.22 bits per heavy atom. The molecule has 2 atom stereocenters. The van der Waals surface area contributed by atoms with Gasteiger partial charge < -0.3 is 10.6 Å². The smallest absolute Gasteiger partial charge is 0.251 e. The van der Waals surface area contributed by atoms with Gasteiger partial charge in [-0.15, -0.1) is 24.0 Å². The Morgan fingerprint density at radius 3 is 2.56 bits per heavy atom. The summed E-state index contributed by atoms with van der Waals surface area (Å²) in [5, 5.41) is 6.81. The van der Waals surface area contributed by atoms with Crippen LogP contribution in [0.25, 0.3) is 0 Å². The molecule has 2 unspecified atom stereocenters. The minimum absolute atomic E-state index is 0. The van der Waals surface area contributed by atoms with E-state index >= 15 is 0 Å². The maximum Gasteiger partial charge on any atom is 0.251 e. The Hall–Kier alpha value is -0.960. The normalized spacial score (nSPS) is 23.8. The third-order valence-corrected chi connectivity index (χ3v) is 5.30. The molecule has 1 saturated heterocycles. The molecule has 4 nitrogen and oxygen atoms in total. The van der Waals surface area contributed by atoms with Crippen molar-refractivity contribution in [2.75, 3.05) is 32.7 Å². The largest absolute Gasteiger partial charge is 0.357 e. The first kappa shape index (κ1) is 22.3. The predicted octanol–water partition coefficient (Wildman–Crippen LogP) is 3.69. The second kappa shape index (κ2) is 11.1. The molecule has 1 aliphatic carbocycles. The third kappa shape index (κ3) is 7.18. The summed E-state index contributed by atoms with van der Waals surface area (Å²) in [5.41, 5.74) is 1.41. The summed E-state index contributed by atoms with van der Waals surface area (Å²) in [6.45, 7) is 5.05. The van der Waals surface area contributed by atoms with Crippen LogP contribution in [0.4, 0.5) is 8.78 Å². The van der Waals surface area contributed by atoms with Gasteiger partial charge in [-0.05, 0) is 43.6 Å². The lowest BCUT2D eigenvalue weighted by Crippen LogP contribution is -2.49. The molecule has 2 N–H and O–H groups in total. The number of alkyl halides is 2. The van der Waals surface area contributed by atoms with E-state index in [-0.39, 0.29) is 30.5 Å². The first-order valence-electron chi connectivity index (χ1n) is 9.76. The number of aliphatic imine (C=N–C) groups is 1. The fourth-order valence-electron chi connectivity index (χ4n) is 3.73. The summed E-state index contributed by atoms with van der Waals surface area (Å²) in [7, 11) is 0. The van der Waals surface area contributed by atoms with E-state index in [1.807, 2.05) is 4.90 Å². The molecule has 1 aliphatic heterocycles. The zero-order valence-corrected chi connectivity index (χ0v) is 18.2. The van der Waals surface area contributed by atoms with E-state index in [9.17, 15) is 8.78 Å². The summed E-state index contributed by atoms with van der Waals surface area (Å²) in [6.07, 6.45) is 0.730. The van der Waals surface area contributed by atoms with Crippen LogP contribution in [0, 0.1) is 5.92 Å². The van der Waals surface area contributed by atoms with Crippen LogP contribution in [0.15, 0.2) is 35.3 Å². The lowest BCUT2D eigenvalue weighted by molar-refractivity contribution is 0.0744. The highest BCUT2D eigenvalue weighted by Gasteiger charge is 2.37. The van der Waals surface area contributed by atoms with Gasteiger partial charge in [0, 0.05) is 32.2 Å². The maximum atomic E-state index is 12.5. The zero-order chi connectivity index (χ0) is 18.4. The standard InChI is InChI=1S/C20H30F2N4.HI/c1-2-23-20(25-17-8-10-26(11-9-17)14-19(21)22)24-13-16-12-18(16)15-6-4-3-5-7-15;/h3-7,16-19H,2,8-14H2,1H3,(H2,23,24,25);1H. The van der Waals surface area contributed by atoms with Gasteiger partial charge in [0.1, 0.15) is 0 Å². The molecule has 3 rings (SSSR count). The van der Waals surface area contributed by atoms with Crippen molar-refractivity contribution < 1.29 is 8.78 Å². The Morgan fingerprint density at radius 2 is 1.93 bits per heavy atom. The van der Waals surface area contributed by atoms with Crippen LogP contribution in [0.1, 0.15) is 37.7 Å². The van der Waals surface area contributed by atoms with E-state index in [2.05, 4.69) is 47.9 Å². The van der Waals surface area contributed by atoms with Crippen molar-refractivity contribution in [3.63, 3.8) is 0 Å². The van der Waals surface area contributed by atoms with Crippen LogP contribution in [0.3, 0.4) is 0 Å². The number of hydrogen-bond donors (Lipinski definition) is 2. The Bertz CT molecular complexity index is 577. The van der Waals surface area contributed by atoms with Gasteiger partial charge in [-0.2, -0.15) is 0 Å². The van der Waals surface area contributed by atoms with Gasteiger partial charge in [0.15, 0.2) is 5.96 Å². The summed E-state index contributed by atoms with van der Waals surface area (Å²) in [5.74, 6) is 2.12. The average Bonchev–Trinajstić information content (AvgIpc) is 3.41. The second-order valence-electron chi connectivity index (χ2n) is 7.34. The zero-order valence-electron chi connectivity index (χ0n) is 15.9. The fourth-order valence-corrected chi connectivity index (χ4v) is 3.73. The average molecular weight is 492 g/mol. The van der Waals surface area contributed by atoms with Crippen LogP contribution < -0.4 is 10.6 Å². The van der Waals surface area contributed by atoms with Crippen molar-refractivity contribution >= 4 is 29.9 Å². The molecule has 1 aromatic carbocycles. The van der Waals surface area contributed by atoms with Crippen LogP contribution in [0.2, 0.25) is 0 Å². The number of halogens is 3. The Labute approximate surface area is 178 Å². The summed E-state index contributed by atoms with van der Waals surface area (Å²) in [6, 6.07) is 11.0. The molecular formula is C20H31F2IN4. The van der Waals surface area contributed by atoms with E-state index in [4.69, 9.17) is 4.99 Å². The molecule has 27 heavy (non-hydrogen) atoms. The van der Waals surface area contributed by atoms with Gasteiger partial charge in [-0.25, -0.2) is 8.78 Å². The minimum atomic E-state index is -2.24. The minimum Gasteiger partial charge on any atom is -0.357 e. The van der Waals surface area contributed by atoms with Crippen molar-refractivity contribution in [2.24, 2.45) is 10.9 Å². The first-order chi connectivity index (χ1) is 12.7. The molecule has 2 aliphatic rings. The van der Waals surface area contributed by atoms with E-state index in [1.54, 1.807) is 0 Å². The molecule has 0 aromatic heterocycles. The van der Waals surface area contributed by atoms with E-state index in [1.165, 1.54) is 12.0 Å². The highest BCUT2D eigenvalue weighted by Crippen LogP contribution is 2.47. The fraction of sp³-hybridized carbons (Fsp3) is 0.650. The van der Waals surface area contributed by atoms with E-state index in [0.717, 1.165) is 45.0 Å². The second-order valence-corrected chi connectivity index (χ2v) is 7.34. The monoisotopic (exact) mass is 492 g/mol. The van der Waals surface area contributed by atoms with Gasteiger partial charge in [-0.3, -0.25) is 9.89 Å². The molecule has 0 radical (unpaired) electrons. The van der Waals surface area contributed by atoms with Gasteiger partial charge in [0.05, 0.1) is 6.54 Å². The molecule has 152 valence electrons. The number of nitrogens with zero attached hydrogens (tertiary/aromatic N) is 2. The molecule has 1 saturated carbocycles. The van der Waals surface area contributed by atoms with Crippen molar-refractivity contribution in [1.29, 1.82) is 0 Å². The Kier molecular flexibility index (Phi) is 9.21. The van der Waals surface area contributed by atoms with Gasteiger partial charge in [0.25, 0.3) is 6.43 Å². The van der Waals surface area contributed by atoms with E-state index < -0.39 is 6.43 Å². The Balaban J connectivity index is 0.00000261. The highest BCUT2D eigenvalue weighted by molar-refractivity contribution is 14.0. The third-order valence-electron chi connectivity index (χ3n) is 5.30. The van der Waals surface area contributed by atoms with Crippen molar-refractivity contribution in [3.05, 3.63) is 35.9 Å². The summed E-state index contributed by atoms with van der Waals surface area (Å²) < 4.78 is 25.0. The number of guanidine groups is 1. The number of hydrogen-bond acceptors (Lipinski definition) is 2. The predicted molar refractivity (Wildman–Crippen MR) is 117 cm³/mol. The summed E-state index contributed by atoms with van der Waals surface area (Å²) in [4.78, 5) is 6.62. The molecule has 1 aromatic rings. The lowest BCUT2D eigenvalue weighted by Gasteiger charge is -2.32. The van der Waals surface area contributed by atoms with Crippen molar-refractivity contribution in [1.82, 2.24) is 15.5 Å². The molecule has 7 heteroatoms.